The number of halogens is 3. The first-order valence-corrected chi connectivity index (χ1v) is 9.26. The molecule has 6 nitrogen and oxygen atoms in total. The lowest BCUT2D eigenvalue weighted by molar-refractivity contribution is -0.115. The zero-order valence-electron chi connectivity index (χ0n) is 13.6. The molecule has 1 aliphatic carbocycles. The maximum Gasteiger partial charge on any atom is 0.405 e. The fourth-order valence-corrected chi connectivity index (χ4v) is 3.90. The zero-order valence-corrected chi connectivity index (χ0v) is 14.4. The van der Waals surface area contributed by atoms with Gasteiger partial charge in [-0.15, -0.1) is 9.44 Å². The van der Waals surface area contributed by atoms with Crippen LogP contribution in [-0.4, -0.2) is 46.3 Å². The van der Waals surface area contributed by atoms with Crippen LogP contribution in [0.5, 0.6) is 5.88 Å². The Morgan fingerprint density at radius 2 is 2.12 bits per heavy atom. The van der Waals surface area contributed by atoms with E-state index < -0.39 is 24.3 Å². The smallest absolute Gasteiger partial charge is 0.405 e. The molecule has 0 radical (unpaired) electrons. The van der Waals surface area contributed by atoms with Gasteiger partial charge in [-0.05, 0) is 36.7 Å². The third kappa shape index (κ3) is 4.90. The Bertz CT molecular complexity index is 594. The summed E-state index contributed by atoms with van der Waals surface area (Å²) in [7, 11) is 0. The molecular formula is C15H21F3N4O2S. The molecule has 1 saturated heterocycles. The molecule has 1 aromatic heterocycles. The van der Waals surface area contributed by atoms with E-state index in [1.807, 2.05) is 0 Å². The summed E-state index contributed by atoms with van der Waals surface area (Å²) in [5.74, 6) is 0.850. The number of hydrogen-bond acceptors (Lipinski definition) is 6. The third-order valence-corrected chi connectivity index (χ3v) is 5.83. The van der Waals surface area contributed by atoms with E-state index in [0.29, 0.717) is 31.5 Å². The highest BCUT2D eigenvalue weighted by Crippen LogP contribution is 2.59. The largest absolute Gasteiger partial charge is 0.579 e. The second kappa shape index (κ2) is 7.18. The van der Waals surface area contributed by atoms with Gasteiger partial charge in [-0.1, -0.05) is 6.07 Å². The molecule has 2 atom stereocenters. The maximum atomic E-state index is 12.2. The third-order valence-electron chi connectivity index (χ3n) is 4.96. The van der Waals surface area contributed by atoms with Crippen LogP contribution in [0.25, 0.3) is 0 Å². The van der Waals surface area contributed by atoms with Crippen LogP contribution in [0.2, 0.25) is 0 Å². The van der Waals surface area contributed by atoms with Gasteiger partial charge in [-0.25, -0.2) is 0 Å². The fraction of sp³-hybridized carbons (Fsp3) is 0.667. The van der Waals surface area contributed by atoms with Gasteiger partial charge in [-0.2, -0.15) is 18.2 Å². The molecule has 2 heterocycles. The minimum absolute atomic E-state index is 0.138. The van der Waals surface area contributed by atoms with Gasteiger partial charge < -0.3 is 14.6 Å². The van der Waals surface area contributed by atoms with Crippen molar-refractivity contribution in [3.05, 3.63) is 18.2 Å². The van der Waals surface area contributed by atoms with Crippen LogP contribution in [0.3, 0.4) is 0 Å². The number of pyridine rings is 1. The van der Waals surface area contributed by atoms with Crippen molar-refractivity contribution < 1.29 is 22.5 Å². The molecule has 1 aromatic rings. The highest BCUT2D eigenvalue weighted by atomic mass is 32.2. The summed E-state index contributed by atoms with van der Waals surface area (Å²) in [6, 6.07) is 4.71. The molecule has 0 amide bonds. The predicted octanol–water partition coefficient (Wildman–Crippen LogP) is 2.07. The lowest BCUT2D eigenvalue weighted by Crippen LogP contribution is -2.43. The summed E-state index contributed by atoms with van der Waals surface area (Å²) < 4.78 is 55.4. The lowest BCUT2D eigenvalue weighted by Gasteiger charge is -2.30. The molecule has 3 rings (SSSR count). The van der Waals surface area contributed by atoms with E-state index in [1.165, 1.54) is 6.07 Å². The van der Waals surface area contributed by atoms with Gasteiger partial charge in [-0.3, -0.25) is 0 Å². The zero-order chi connectivity index (χ0) is 18.1. The number of aromatic nitrogens is 1. The van der Waals surface area contributed by atoms with Crippen LogP contribution < -0.4 is 15.2 Å². The predicted molar refractivity (Wildman–Crippen MR) is 88.0 cm³/mol. The van der Waals surface area contributed by atoms with Gasteiger partial charge in [0.1, 0.15) is 23.9 Å². The minimum Gasteiger partial charge on any atom is -0.579 e. The van der Waals surface area contributed by atoms with Crippen LogP contribution in [0, 0.1) is 11.3 Å². The van der Waals surface area contributed by atoms with E-state index in [0.717, 1.165) is 19.3 Å². The van der Waals surface area contributed by atoms with Gasteiger partial charge in [0.05, 0.1) is 6.61 Å². The van der Waals surface area contributed by atoms with Crippen LogP contribution in [0.1, 0.15) is 19.3 Å². The molecule has 2 fully saturated rings. The standard InChI is InChI=1S/C15H21F3N4O2S/c16-15(17,18)10-20-12-2-1-3-13(21-12)24-9-11-8-14(11)4-6-22(7-5-14)25(19)23/h1-3,11H,4-10,19H2,(H,20,21). The Hall–Kier alpha value is -1.23. The topological polar surface area (TPSA) is 86.5 Å². The number of alkyl halides is 3. The van der Waals surface area contributed by atoms with Gasteiger partial charge >= 0.3 is 6.18 Å². The van der Waals surface area contributed by atoms with Crippen LogP contribution in [-0.2, 0) is 11.5 Å². The molecule has 0 aromatic carbocycles. The SMILES string of the molecule is N[S+]([O-])N1CCC2(CC1)CC2COc1cccc(NCC(F)(F)F)n1. The number of anilines is 1. The number of nitrogens with one attached hydrogen (secondary N) is 1. The van der Waals surface area contributed by atoms with Crippen molar-refractivity contribution in [2.75, 3.05) is 31.6 Å². The number of nitrogens with zero attached hydrogens (tertiary/aromatic N) is 2. The molecule has 2 unspecified atom stereocenters. The quantitative estimate of drug-likeness (QED) is 0.737. The molecule has 1 aliphatic heterocycles. The highest BCUT2D eigenvalue weighted by Gasteiger charge is 2.56. The molecule has 25 heavy (non-hydrogen) atoms. The van der Waals surface area contributed by atoms with Crippen molar-refractivity contribution in [3.8, 4) is 5.88 Å². The first-order valence-electron chi connectivity index (χ1n) is 8.09. The molecule has 140 valence electrons. The van der Waals surface area contributed by atoms with Crippen molar-refractivity contribution in [2.24, 2.45) is 16.5 Å². The van der Waals surface area contributed by atoms with Crippen molar-refractivity contribution >= 4 is 17.4 Å². The summed E-state index contributed by atoms with van der Waals surface area (Å²) in [4.78, 5) is 4.05. The fourth-order valence-electron chi connectivity index (χ4n) is 3.36. The first kappa shape index (κ1) is 18.6. The molecular weight excluding hydrogens is 357 g/mol. The Morgan fingerprint density at radius 3 is 2.76 bits per heavy atom. The normalized spacial score (nSPS) is 24.1. The van der Waals surface area contributed by atoms with Crippen molar-refractivity contribution in [1.82, 2.24) is 9.29 Å². The van der Waals surface area contributed by atoms with Crippen molar-refractivity contribution in [3.63, 3.8) is 0 Å². The first-order chi connectivity index (χ1) is 11.8. The van der Waals surface area contributed by atoms with Crippen LogP contribution in [0.4, 0.5) is 19.0 Å². The van der Waals surface area contributed by atoms with E-state index >= 15 is 0 Å². The van der Waals surface area contributed by atoms with E-state index in [9.17, 15) is 17.7 Å². The molecule has 0 bridgehead atoms. The van der Waals surface area contributed by atoms with E-state index in [1.54, 1.807) is 16.4 Å². The molecule has 1 spiro atoms. The number of rotatable bonds is 6. The average molecular weight is 378 g/mol. The number of ether oxygens (including phenoxy) is 1. The summed E-state index contributed by atoms with van der Waals surface area (Å²) in [6.07, 6.45) is -1.37. The molecule has 10 heteroatoms. The van der Waals surface area contributed by atoms with Gasteiger partial charge in [0.25, 0.3) is 0 Å². The Morgan fingerprint density at radius 1 is 1.40 bits per heavy atom. The number of hydrogen-bond donors (Lipinski definition) is 2. The Kier molecular flexibility index (Phi) is 5.33. The lowest BCUT2D eigenvalue weighted by atomic mass is 9.92. The highest BCUT2D eigenvalue weighted by molar-refractivity contribution is 7.86. The Labute approximate surface area is 147 Å². The van der Waals surface area contributed by atoms with Crippen LogP contribution >= 0.6 is 0 Å². The second-order valence-electron chi connectivity index (χ2n) is 6.61. The van der Waals surface area contributed by atoms with E-state index in [4.69, 9.17) is 9.88 Å². The molecule has 1 saturated carbocycles. The Balaban J connectivity index is 1.46. The summed E-state index contributed by atoms with van der Waals surface area (Å²) in [5, 5.41) is 7.64. The summed E-state index contributed by atoms with van der Waals surface area (Å²) in [6.45, 7) is 0.791. The average Bonchev–Trinajstić information content (AvgIpc) is 3.23. The van der Waals surface area contributed by atoms with Gasteiger partial charge in [0.15, 0.2) is 0 Å². The van der Waals surface area contributed by atoms with E-state index in [-0.39, 0.29) is 11.2 Å². The van der Waals surface area contributed by atoms with E-state index in [2.05, 4.69) is 10.3 Å². The second-order valence-corrected chi connectivity index (χ2v) is 7.68. The summed E-state index contributed by atoms with van der Waals surface area (Å²) >= 11 is -1.41. The van der Waals surface area contributed by atoms with Crippen LogP contribution in [0.15, 0.2) is 18.2 Å². The van der Waals surface area contributed by atoms with Crippen molar-refractivity contribution in [1.29, 1.82) is 0 Å². The maximum absolute atomic E-state index is 12.2. The molecule has 2 aliphatic rings. The summed E-state index contributed by atoms with van der Waals surface area (Å²) in [5.41, 5.74) is 0.224. The molecule has 3 N–H and O–H groups in total. The number of piperidine rings is 1. The van der Waals surface area contributed by atoms with Gasteiger partial charge in [0, 0.05) is 19.2 Å². The number of nitrogens with two attached hydrogens (primary N) is 1. The minimum atomic E-state index is -4.29. The van der Waals surface area contributed by atoms with Gasteiger partial charge in [0.2, 0.25) is 5.88 Å². The van der Waals surface area contributed by atoms with Crippen molar-refractivity contribution in [2.45, 2.75) is 25.4 Å². The monoisotopic (exact) mass is 378 g/mol.